The molecule has 0 radical (unpaired) electrons. The number of likely N-dealkylation sites (tertiary alicyclic amines) is 1. The Morgan fingerprint density at radius 3 is 2.31 bits per heavy atom. The Morgan fingerprint density at radius 2 is 1.85 bits per heavy atom. The lowest BCUT2D eigenvalue weighted by Gasteiger charge is -2.48. The second-order valence-corrected chi connectivity index (χ2v) is 12.4. The number of rotatable bonds is 6. The van der Waals surface area contributed by atoms with E-state index in [1.807, 2.05) is 6.07 Å². The summed E-state index contributed by atoms with van der Waals surface area (Å²) in [4.78, 5) is 30.7. The lowest BCUT2D eigenvalue weighted by atomic mass is 9.92. The fourth-order valence-electron chi connectivity index (χ4n) is 3.24. The molecule has 0 N–H and O–H groups in total. The van der Waals surface area contributed by atoms with Crippen molar-refractivity contribution in [3.05, 3.63) is 30.1 Å². The van der Waals surface area contributed by atoms with Crippen molar-refractivity contribution >= 4 is 20.3 Å². The molecule has 1 aromatic rings. The SMILES string of the molecule is CC[Si](CC)(CC)OC1C(=O)N(C(=O)OC(C)(C)C)C1c1cccnc1. The minimum Gasteiger partial charge on any atom is -0.443 e. The van der Waals surface area contributed by atoms with Crippen LogP contribution < -0.4 is 0 Å². The number of carbonyl (C=O) groups is 2. The van der Waals surface area contributed by atoms with Crippen molar-refractivity contribution in [1.29, 1.82) is 0 Å². The number of amides is 2. The van der Waals surface area contributed by atoms with Crippen LogP contribution in [0.5, 0.6) is 0 Å². The molecule has 2 unspecified atom stereocenters. The van der Waals surface area contributed by atoms with E-state index in [0.717, 1.165) is 23.7 Å². The largest absolute Gasteiger partial charge is 0.443 e. The number of hydrogen-bond donors (Lipinski definition) is 0. The molecule has 2 heterocycles. The molecule has 2 atom stereocenters. The Bertz CT molecular complexity index is 632. The van der Waals surface area contributed by atoms with Crippen molar-refractivity contribution in [3.8, 4) is 0 Å². The Hall–Kier alpha value is -1.73. The molecule has 1 aliphatic rings. The molecule has 1 aromatic heterocycles. The van der Waals surface area contributed by atoms with Gasteiger partial charge in [0.15, 0.2) is 14.4 Å². The summed E-state index contributed by atoms with van der Waals surface area (Å²) in [6.07, 6.45) is 2.07. The van der Waals surface area contributed by atoms with E-state index in [2.05, 4.69) is 25.8 Å². The highest BCUT2D eigenvalue weighted by atomic mass is 28.4. The predicted octanol–water partition coefficient (Wildman–Crippen LogP) is 4.29. The molecular formula is C19H30N2O4Si. The van der Waals surface area contributed by atoms with Crippen molar-refractivity contribution in [2.45, 2.75) is 77.4 Å². The summed E-state index contributed by atoms with van der Waals surface area (Å²) in [7, 11) is -2.00. The van der Waals surface area contributed by atoms with Crippen LogP contribution in [0.2, 0.25) is 18.1 Å². The second-order valence-electron chi connectivity index (χ2n) is 7.70. The van der Waals surface area contributed by atoms with Crippen LogP contribution in [-0.4, -0.2) is 41.9 Å². The van der Waals surface area contributed by atoms with Crippen LogP contribution in [0.1, 0.15) is 53.1 Å². The first-order valence-corrected chi connectivity index (χ1v) is 11.8. The second kappa shape index (κ2) is 7.88. The maximum atomic E-state index is 12.8. The van der Waals surface area contributed by atoms with Crippen molar-refractivity contribution in [2.24, 2.45) is 0 Å². The van der Waals surface area contributed by atoms with Gasteiger partial charge >= 0.3 is 6.09 Å². The van der Waals surface area contributed by atoms with Crippen LogP contribution in [0.3, 0.4) is 0 Å². The Kier molecular flexibility index (Phi) is 6.23. The highest BCUT2D eigenvalue weighted by molar-refractivity contribution is 6.73. The molecular weight excluding hydrogens is 348 g/mol. The minimum atomic E-state index is -2.00. The van der Waals surface area contributed by atoms with Gasteiger partial charge in [0.1, 0.15) is 11.6 Å². The van der Waals surface area contributed by atoms with E-state index < -0.39 is 32.2 Å². The summed E-state index contributed by atoms with van der Waals surface area (Å²) in [5.41, 5.74) is 0.117. The molecule has 0 aromatic carbocycles. The first-order chi connectivity index (χ1) is 12.2. The van der Waals surface area contributed by atoms with Crippen LogP contribution in [-0.2, 0) is 14.0 Å². The van der Waals surface area contributed by atoms with Crippen LogP contribution in [0.15, 0.2) is 24.5 Å². The number of nitrogens with zero attached hydrogens (tertiary/aromatic N) is 2. The van der Waals surface area contributed by atoms with Crippen LogP contribution in [0, 0.1) is 0 Å². The standard InChI is InChI=1S/C19H30N2O4Si/c1-7-26(8-2,9-3)25-16-15(14-11-10-12-20-13-14)21(17(16)22)18(23)24-19(4,5)6/h10-13,15-16H,7-9H2,1-6H3. The Balaban J connectivity index is 2.32. The van der Waals surface area contributed by atoms with E-state index in [9.17, 15) is 9.59 Å². The number of carbonyl (C=O) groups excluding carboxylic acids is 2. The number of hydrogen-bond acceptors (Lipinski definition) is 5. The van der Waals surface area contributed by atoms with E-state index in [4.69, 9.17) is 9.16 Å². The quantitative estimate of drug-likeness (QED) is 0.545. The van der Waals surface area contributed by atoms with Crippen molar-refractivity contribution in [1.82, 2.24) is 9.88 Å². The molecule has 2 rings (SSSR count). The monoisotopic (exact) mass is 378 g/mol. The summed E-state index contributed by atoms with van der Waals surface area (Å²) in [6, 6.07) is 6.00. The molecule has 0 aliphatic carbocycles. The van der Waals surface area contributed by atoms with E-state index >= 15 is 0 Å². The normalized spacial score (nSPS) is 20.7. The first kappa shape index (κ1) is 20.6. The summed E-state index contributed by atoms with van der Waals surface area (Å²) >= 11 is 0. The van der Waals surface area contributed by atoms with Gasteiger partial charge in [-0.05, 0) is 50.5 Å². The molecule has 0 bridgehead atoms. The van der Waals surface area contributed by atoms with Gasteiger partial charge in [-0.1, -0.05) is 26.8 Å². The van der Waals surface area contributed by atoms with Gasteiger partial charge in [-0.15, -0.1) is 0 Å². The van der Waals surface area contributed by atoms with Gasteiger partial charge in [0.05, 0.1) is 0 Å². The lowest BCUT2D eigenvalue weighted by Crippen LogP contribution is -2.65. The van der Waals surface area contributed by atoms with Crippen LogP contribution in [0.4, 0.5) is 4.79 Å². The summed E-state index contributed by atoms with van der Waals surface area (Å²) in [5.74, 6) is -0.319. The molecule has 0 saturated carbocycles. The zero-order valence-corrected chi connectivity index (χ0v) is 17.6. The Morgan fingerprint density at radius 1 is 1.23 bits per heavy atom. The highest BCUT2D eigenvalue weighted by Gasteiger charge is 2.56. The molecule has 1 aliphatic heterocycles. The highest BCUT2D eigenvalue weighted by Crippen LogP contribution is 2.41. The van der Waals surface area contributed by atoms with Gasteiger partial charge in [0.25, 0.3) is 5.91 Å². The van der Waals surface area contributed by atoms with Gasteiger partial charge in [-0.3, -0.25) is 9.78 Å². The summed E-state index contributed by atoms with van der Waals surface area (Å²) in [5, 5.41) is 0. The summed E-state index contributed by atoms with van der Waals surface area (Å²) in [6.45, 7) is 11.7. The Labute approximate surface area is 157 Å². The van der Waals surface area contributed by atoms with Crippen LogP contribution in [0.25, 0.3) is 0 Å². The van der Waals surface area contributed by atoms with Gasteiger partial charge in [-0.25, -0.2) is 9.69 Å². The zero-order chi connectivity index (χ0) is 19.5. The fourth-order valence-corrected chi connectivity index (χ4v) is 6.00. The van der Waals surface area contributed by atoms with E-state index in [1.165, 1.54) is 4.90 Å². The van der Waals surface area contributed by atoms with Crippen molar-refractivity contribution in [2.75, 3.05) is 0 Å². The number of imide groups is 1. The number of pyridine rings is 1. The maximum Gasteiger partial charge on any atom is 0.417 e. The van der Waals surface area contributed by atoms with Gasteiger partial charge in [-0.2, -0.15) is 0 Å². The minimum absolute atomic E-state index is 0.319. The van der Waals surface area contributed by atoms with Crippen LogP contribution >= 0.6 is 0 Å². The number of ether oxygens (including phenoxy) is 1. The average molecular weight is 379 g/mol. The van der Waals surface area contributed by atoms with E-state index in [0.29, 0.717) is 0 Å². The molecule has 6 nitrogen and oxygen atoms in total. The number of β-lactam (4-membered cyclic amide) rings is 1. The average Bonchev–Trinajstić information content (AvgIpc) is 2.60. The lowest BCUT2D eigenvalue weighted by molar-refractivity contribution is -0.162. The molecule has 26 heavy (non-hydrogen) atoms. The number of aromatic nitrogens is 1. The zero-order valence-electron chi connectivity index (χ0n) is 16.6. The molecule has 144 valence electrons. The van der Waals surface area contributed by atoms with Crippen molar-refractivity contribution < 1.29 is 18.8 Å². The topological polar surface area (TPSA) is 68.7 Å². The molecule has 1 fully saturated rings. The smallest absolute Gasteiger partial charge is 0.417 e. The fraction of sp³-hybridized carbons (Fsp3) is 0.632. The van der Waals surface area contributed by atoms with Gasteiger partial charge < -0.3 is 9.16 Å². The van der Waals surface area contributed by atoms with Gasteiger partial charge in [0, 0.05) is 12.4 Å². The predicted molar refractivity (Wildman–Crippen MR) is 102 cm³/mol. The molecule has 0 spiro atoms. The van der Waals surface area contributed by atoms with E-state index in [-0.39, 0.29) is 5.91 Å². The third-order valence-electron chi connectivity index (χ3n) is 4.97. The first-order valence-electron chi connectivity index (χ1n) is 9.31. The van der Waals surface area contributed by atoms with E-state index in [1.54, 1.807) is 39.2 Å². The molecule has 2 amide bonds. The van der Waals surface area contributed by atoms with Crippen molar-refractivity contribution in [3.63, 3.8) is 0 Å². The third kappa shape index (κ3) is 4.15. The molecule has 1 saturated heterocycles. The third-order valence-corrected chi connectivity index (χ3v) is 9.59. The molecule has 7 heteroatoms. The van der Waals surface area contributed by atoms with Gasteiger partial charge in [0.2, 0.25) is 0 Å². The maximum absolute atomic E-state index is 12.8. The summed E-state index contributed by atoms with van der Waals surface area (Å²) < 4.78 is 11.8.